The lowest BCUT2D eigenvalue weighted by atomic mass is 9.66. The first-order chi connectivity index (χ1) is 25.4. The molecular formula is C45H27B4N3. The van der Waals surface area contributed by atoms with Gasteiger partial charge in [0.2, 0.25) is 0 Å². The normalized spacial score (nSPS) is 11.5. The van der Waals surface area contributed by atoms with Crippen LogP contribution in [0.1, 0.15) is 5.56 Å². The second kappa shape index (κ2) is 12.6. The number of hydrogen-bond acceptors (Lipinski definition) is 2. The average molecular weight is 653 g/mol. The molecule has 8 radical (unpaired) electrons. The van der Waals surface area contributed by atoms with Crippen molar-refractivity contribution in [2.45, 2.75) is 6.92 Å². The van der Waals surface area contributed by atoms with E-state index in [-0.39, 0.29) is 0 Å². The van der Waals surface area contributed by atoms with Crippen molar-refractivity contribution in [1.29, 1.82) is 0 Å². The first kappa shape index (κ1) is 31.9. The van der Waals surface area contributed by atoms with Crippen LogP contribution >= 0.6 is 0 Å². The van der Waals surface area contributed by atoms with Gasteiger partial charge in [-0.25, -0.2) is 4.98 Å². The maximum absolute atomic E-state index is 6.79. The summed E-state index contributed by atoms with van der Waals surface area (Å²) < 4.78 is 2.01. The van der Waals surface area contributed by atoms with Crippen LogP contribution in [-0.2, 0) is 0 Å². The van der Waals surface area contributed by atoms with Crippen LogP contribution in [0, 0.1) is 6.92 Å². The predicted molar refractivity (Wildman–Crippen MR) is 222 cm³/mol. The minimum absolute atomic E-state index is 0.359. The van der Waals surface area contributed by atoms with E-state index in [1.807, 2.05) is 60.2 Å². The lowest BCUT2D eigenvalue weighted by Crippen LogP contribution is -2.46. The van der Waals surface area contributed by atoms with Gasteiger partial charge in [0, 0.05) is 23.0 Å². The molecule has 0 saturated carbocycles. The highest BCUT2D eigenvalue weighted by Gasteiger charge is 2.24. The Morgan fingerprint density at radius 3 is 1.48 bits per heavy atom. The fourth-order valence-corrected chi connectivity index (χ4v) is 7.67. The van der Waals surface area contributed by atoms with Crippen LogP contribution in [0.5, 0.6) is 0 Å². The fourth-order valence-electron chi connectivity index (χ4n) is 7.67. The van der Waals surface area contributed by atoms with Gasteiger partial charge in [0.25, 0.3) is 0 Å². The van der Waals surface area contributed by atoms with Crippen LogP contribution in [0.15, 0.2) is 146 Å². The number of imidazole rings is 1. The molecule has 0 aliphatic carbocycles. The Balaban J connectivity index is 1.39. The summed E-state index contributed by atoms with van der Waals surface area (Å²) in [6.45, 7) is 1.83. The van der Waals surface area contributed by atoms with Crippen LogP contribution in [0.4, 0.5) is 0 Å². The number of hydrogen-bond donors (Lipinski definition) is 0. The van der Waals surface area contributed by atoms with Crippen molar-refractivity contribution in [3.63, 3.8) is 0 Å². The molecule has 9 aromatic rings. The molecule has 0 amide bonds. The molecule has 0 aliphatic rings. The summed E-state index contributed by atoms with van der Waals surface area (Å²) in [4.78, 5) is 9.99. The van der Waals surface area contributed by atoms with Gasteiger partial charge < -0.3 is 0 Å². The van der Waals surface area contributed by atoms with E-state index < -0.39 is 0 Å². The summed E-state index contributed by atoms with van der Waals surface area (Å²) in [7, 11) is 26.7. The highest BCUT2D eigenvalue weighted by atomic mass is 15.1. The molecule has 7 heteroatoms. The second-order valence-electron chi connectivity index (χ2n) is 13.0. The minimum Gasteiger partial charge on any atom is -0.294 e. The highest BCUT2D eigenvalue weighted by Crippen LogP contribution is 2.47. The van der Waals surface area contributed by atoms with Crippen molar-refractivity contribution >= 4 is 85.8 Å². The standard InChI is InChI=1S/C45H27B4N3/c1-26-40(46)42(48)44(43(49)41(26)47)52-37-24-11-10-23-36(37)51-45(52)34-21-9-8-20-33(34)39-31-18-6-4-16-29(31)38(30-17-5-7-19-32(30)39)28-15-3-2-14-27(28)35-22-12-13-25-50-35/h2-25H,1H3. The van der Waals surface area contributed by atoms with Crippen molar-refractivity contribution in [3.8, 4) is 50.6 Å². The second-order valence-corrected chi connectivity index (χ2v) is 13.0. The van der Waals surface area contributed by atoms with E-state index in [1.165, 1.54) is 0 Å². The van der Waals surface area contributed by atoms with E-state index in [1.54, 1.807) is 0 Å². The molecule has 0 N–H and O–H groups in total. The molecule has 52 heavy (non-hydrogen) atoms. The van der Waals surface area contributed by atoms with Gasteiger partial charge >= 0.3 is 0 Å². The summed E-state index contributed by atoms with van der Waals surface area (Å²) in [5.74, 6) is 0.676. The van der Waals surface area contributed by atoms with Crippen LogP contribution in [-0.4, -0.2) is 45.9 Å². The van der Waals surface area contributed by atoms with E-state index in [2.05, 4.69) is 97.1 Å². The number of rotatable bonds is 5. The maximum atomic E-state index is 6.79. The molecule has 0 atom stereocenters. The molecule has 0 spiro atoms. The summed E-state index contributed by atoms with van der Waals surface area (Å²) in [6.07, 6.45) is 1.84. The summed E-state index contributed by atoms with van der Waals surface area (Å²) in [5, 5.41) is 4.50. The van der Waals surface area contributed by atoms with E-state index in [0.29, 0.717) is 38.9 Å². The van der Waals surface area contributed by atoms with Gasteiger partial charge in [-0.1, -0.05) is 143 Å². The molecule has 0 saturated heterocycles. The molecule has 7 aromatic carbocycles. The average Bonchev–Trinajstić information content (AvgIpc) is 3.58. The maximum Gasteiger partial charge on any atom is 0.146 e. The molecule has 3 nitrogen and oxygen atoms in total. The molecule has 9 rings (SSSR count). The minimum atomic E-state index is 0.359. The van der Waals surface area contributed by atoms with Crippen molar-refractivity contribution in [2.24, 2.45) is 0 Å². The number of aromatic nitrogens is 3. The van der Waals surface area contributed by atoms with Crippen molar-refractivity contribution in [1.82, 2.24) is 14.5 Å². The van der Waals surface area contributed by atoms with Crippen LogP contribution in [0.3, 0.4) is 0 Å². The number of nitrogens with zero attached hydrogens (tertiary/aromatic N) is 3. The molecule has 0 fully saturated rings. The summed E-state index contributed by atoms with van der Waals surface area (Å²) >= 11 is 0. The zero-order valence-electron chi connectivity index (χ0n) is 28.5. The van der Waals surface area contributed by atoms with Crippen LogP contribution in [0.2, 0.25) is 0 Å². The Hall–Kier alpha value is -6.06. The van der Waals surface area contributed by atoms with Crippen molar-refractivity contribution < 1.29 is 0 Å². The first-order valence-electron chi connectivity index (χ1n) is 17.2. The molecule has 2 heterocycles. The third-order valence-electron chi connectivity index (χ3n) is 10.2. The van der Waals surface area contributed by atoms with E-state index in [0.717, 1.165) is 71.7 Å². The number of fused-ring (bicyclic) bond motifs is 3. The molecule has 234 valence electrons. The van der Waals surface area contributed by atoms with Gasteiger partial charge in [-0.15, -0.1) is 0 Å². The largest absolute Gasteiger partial charge is 0.294 e. The van der Waals surface area contributed by atoms with Gasteiger partial charge in [0.15, 0.2) is 0 Å². The van der Waals surface area contributed by atoms with E-state index >= 15 is 0 Å². The van der Waals surface area contributed by atoms with E-state index in [9.17, 15) is 0 Å². The SMILES string of the molecule is [B]c1c([B])c(-n2c(-c3ccccc3-c3c4ccccc4c(-c4ccccc4-c4ccccn4)c4ccccc34)nc3ccccc32)c([B])c([B])c1C. The van der Waals surface area contributed by atoms with Gasteiger partial charge in [-0.05, 0) is 75.0 Å². The van der Waals surface area contributed by atoms with Gasteiger partial charge in [-0.3, -0.25) is 9.55 Å². The van der Waals surface area contributed by atoms with Gasteiger partial charge in [-0.2, -0.15) is 0 Å². The topological polar surface area (TPSA) is 30.7 Å². The molecule has 0 bridgehead atoms. The first-order valence-corrected chi connectivity index (χ1v) is 17.2. The predicted octanol–water partition coefficient (Wildman–Crippen LogP) is 6.88. The summed E-state index contributed by atoms with van der Waals surface area (Å²) in [5.41, 5.74) is 11.6. The Kier molecular flexibility index (Phi) is 7.73. The smallest absolute Gasteiger partial charge is 0.146 e. The Labute approximate surface area is 308 Å². The molecule has 0 unspecified atom stereocenters. The van der Waals surface area contributed by atoms with Crippen molar-refractivity contribution in [3.05, 3.63) is 151 Å². The van der Waals surface area contributed by atoms with Crippen LogP contribution < -0.4 is 21.9 Å². The monoisotopic (exact) mass is 653 g/mol. The third kappa shape index (κ3) is 4.87. The number of pyridine rings is 1. The number of para-hydroxylation sites is 2. The molecule has 2 aromatic heterocycles. The quantitative estimate of drug-likeness (QED) is 0.150. The Morgan fingerprint density at radius 1 is 0.462 bits per heavy atom. The zero-order valence-corrected chi connectivity index (χ0v) is 28.5. The third-order valence-corrected chi connectivity index (χ3v) is 10.2. The fraction of sp³-hybridized carbons (Fsp3) is 0.0222. The Morgan fingerprint density at radius 2 is 0.923 bits per heavy atom. The highest BCUT2D eigenvalue weighted by molar-refractivity contribution is 6.59. The zero-order chi connectivity index (χ0) is 35.5. The van der Waals surface area contributed by atoms with Crippen molar-refractivity contribution in [2.75, 3.05) is 0 Å². The molecule has 0 aliphatic heterocycles. The van der Waals surface area contributed by atoms with E-state index in [4.69, 9.17) is 41.4 Å². The van der Waals surface area contributed by atoms with Gasteiger partial charge in [0.1, 0.15) is 37.2 Å². The lowest BCUT2D eigenvalue weighted by Gasteiger charge is -2.24. The summed E-state index contributed by atoms with van der Waals surface area (Å²) in [6, 6.07) is 48.2. The molecular weight excluding hydrogens is 626 g/mol. The van der Waals surface area contributed by atoms with Gasteiger partial charge in [0.05, 0.1) is 16.7 Å². The van der Waals surface area contributed by atoms with Crippen LogP contribution in [0.25, 0.3) is 83.2 Å². The number of benzene rings is 7. The lowest BCUT2D eigenvalue weighted by molar-refractivity contribution is 1.12. The Bertz CT molecular complexity index is 2770.